The van der Waals surface area contributed by atoms with E-state index in [0.717, 1.165) is 18.5 Å². The second-order valence-electron chi connectivity index (χ2n) is 5.60. The fourth-order valence-corrected chi connectivity index (χ4v) is 4.46. The molecule has 0 aromatic carbocycles. The first kappa shape index (κ1) is 12.4. The molecule has 1 aromatic rings. The Hall–Kier alpha value is -0.610. The standard InChI is InChI=1S/C14H23N3S/c1-15-9-12-10-18-14(16-12)17-8-4-7-13(17)11-5-2-3-6-11/h10-11,13,15H,2-9H2,1H3. The van der Waals surface area contributed by atoms with Crippen LogP contribution in [0.4, 0.5) is 5.13 Å². The van der Waals surface area contributed by atoms with Gasteiger partial charge in [0.05, 0.1) is 5.69 Å². The summed E-state index contributed by atoms with van der Waals surface area (Å²) in [7, 11) is 1.98. The van der Waals surface area contributed by atoms with Crippen LogP contribution < -0.4 is 10.2 Å². The summed E-state index contributed by atoms with van der Waals surface area (Å²) in [6.45, 7) is 2.10. The van der Waals surface area contributed by atoms with E-state index in [1.807, 2.05) is 18.4 Å². The lowest BCUT2D eigenvalue weighted by molar-refractivity contribution is 0.430. The van der Waals surface area contributed by atoms with Gasteiger partial charge in [0, 0.05) is 24.5 Å². The maximum Gasteiger partial charge on any atom is 0.185 e. The van der Waals surface area contributed by atoms with Crippen LogP contribution in [0.3, 0.4) is 0 Å². The molecule has 1 N–H and O–H groups in total. The van der Waals surface area contributed by atoms with Crippen molar-refractivity contribution < 1.29 is 0 Å². The Morgan fingerprint density at radius 2 is 2.17 bits per heavy atom. The van der Waals surface area contributed by atoms with Crippen molar-refractivity contribution in [3.8, 4) is 0 Å². The first-order valence-corrected chi connectivity index (χ1v) is 8.12. The topological polar surface area (TPSA) is 28.2 Å². The van der Waals surface area contributed by atoms with Crippen molar-refractivity contribution in [2.24, 2.45) is 5.92 Å². The van der Waals surface area contributed by atoms with Gasteiger partial charge >= 0.3 is 0 Å². The molecule has 1 unspecified atom stereocenters. The van der Waals surface area contributed by atoms with Crippen LogP contribution in [-0.2, 0) is 6.54 Å². The Morgan fingerprint density at radius 3 is 2.94 bits per heavy atom. The lowest BCUT2D eigenvalue weighted by Gasteiger charge is -2.29. The molecule has 1 saturated heterocycles. The van der Waals surface area contributed by atoms with Gasteiger partial charge in [-0.05, 0) is 38.6 Å². The Bertz CT molecular complexity index is 384. The van der Waals surface area contributed by atoms with E-state index >= 15 is 0 Å². The number of anilines is 1. The highest BCUT2D eigenvalue weighted by Crippen LogP contribution is 2.38. The van der Waals surface area contributed by atoms with E-state index in [9.17, 15) is 0 Å². The molecule has 4 heteroatoms. The third-order valence-electron chi connectivity index (χ3n) is 4.39. The highest BCUT2D eigenvalue weighted by molar-refractivity contribution is 7.13. The van der Waals surface area contributed by atoms with Crippen molar-refractivity contribution in [2.45, 2.75) is 51.1 Å². The average Bonchev–Trinajstić information content (AvgIpc) is 3.10. The van der Waals surface area contributed by atoms with Crippen molar-refractivity contribution in [3.63, 3.8) is 0 Å². The molecule has 100 valence electrons. The van der Waals surface area contributed by atoms with Gasteiger partial charge in [-0.1, -0.05) is 12.8 Å². The maximum absolute atomic E-state index is 4.79. The van der Waals surface area contributed by atoms with E-state index in [-0.39, 0.29) is 0 Å². The summed E-state index contributed by atoms with van der Waals surface area (Å²) in [5, 5.41) is 6.64. The van der Waals surface area contributed by atoms with Gasteiger partial charge in [-0.3, -0.25) is 0 Å². The van der Waals surface area contributed by atoms with Crippen LogP contribution >= 0.6 is 11.3 Å². The summed E-state index contributed by atoms with van der Waals surface area (Å²) in [5.74, 6) is 0.934. The summed E-state index contributed by atoms with van der Waals surface area (Å²) in [6, 6.07) is 0.779. The molecule has 2 aliphatic rings. The number of hydrogen-bond donors (Lipinski definition) is 1. The fourth-order valence-electron chi connectivity index (χ4n) is 3.55. The zero-order valence-corrected chi connectivity index (χ0v) is 12.0. The number of thiazole rings is 1. The number of rotatable bonds is 4. The molecule has 1 aliphatic carbocycles. The summed E-state index contributed by atoms with van der Waals surface area (Å²) in [4.78, 5) is 7.38. The van der Waals surface area contributed by atoms with Crippen molar-refractivity contribution in [1.29, 1.82) is 0 Å². The van der Waals surface area contributed by atoms with Gasteiger partial charge < -0.3 is 10.2 Å². The largest absolute Gasteiger partial charge is 0.345 e. The molecule has 3 rings (SSSR count). The second-order valence-corrected chi connectivity index (χ2v) is 6.44. The lowest BCUT2D eigenvalue weighted by Crippen LogP contribution is -2.34. The monoisotopic (exact) mass is 265 g/mol. The summed E-state index contributed by atoms with van der Waals surface area (Å²) >= 11 is 1.82. The molecule has 0 spiro atoms. The summed E-state index contributed by atoms with van der Waals surface area (Å²) < 4.78 is 0. The molecule has 0 radical (unpaired) electrons. The predicted molar refractivity (Wildman–Crippen MR) is 77.2 cm³/mol. The lowest BCUT2D eigenvalue weighted by atomic mass is 9.96. The Morgan fingerprint density at radius 1 is 1.33 bits per heavy atom. The minimum atomic E-state index is 0.779. The van der Waals surface area contributed by atoms with Crippen LogP contribution in [0, 0.1) is 5.92 Å². The van der Waals surface area contributed by atoms with Crippen molar-refractivity contribution in [1.82, 2.24) is 10.3 Å². The van der Waals surface area contributed by atoms with Crippen LogP contribution in [0.2, 0.25) is 0 Å². The summed E-state index contributed by atoms with van der Waals surface area (Å²) in [5.41, 5.74) is 1.19. The Labute approximate surface area is 114 Å². The molecule has 1 atom stereocenters. The van der Waals surface area contributed by atoms with E-state index in [1.165, 1.54) is 55.9 Å². The van der Waals surface area contributed by atoms with E-state index in [4.69, 9.17) is 4.98 Å². The first-order chi connectivity index (χ1) is 8.88. The molecule has 3 nitrogen and oxygen atoms in total. The van der Waals surface area contributed by atoms with Crippen LogP contribution in [0.15, 0.2) is 5.38 Å². The molecule has 1 saturated carbocycles. The van der Waals surface area contributed by atoms with Gasteiger partial charge in [0.25, 0.3) is 0 Å². The quantitative estimate of drug-likeness (QED) is 0.907. The molecular weight excluding hydrogens is 242 g/mol. The van der Waals surface area contributed by atoms with Crippen molar-refractivity contribution in [3.05, 3.63) is 11.1 Å². The van der Waals surface area contributed by atoms with Crippen molar-refractivity contribution in [2.75, 3.05) is 18.5 Å². The van der Waals surface area contributed by atoms with Gasteiger partial charge in [-0.2, -0.15) is 0 Å². The van der Waals surface area contributed by atoms with Gasteiger partial charge in [-0.15, -0.1) is 11.3 Å². The highest BCUT2D eigenvalue weighted by atomic mass is 32.1. The Kier molecular flexibility index (Phi) is 3.85. The molecule has 18 heavy (non-hydrogen) atoms. The van der Waals surface area contributed by atoms with E-state index in [1.54, 1.807) is 0 Å². The van der Waals surface area contributed by atoms with Gasteiger partial charge in [-0.25, -0.2) is 4.98 Å². The molecular formula is C14H23N3S. The second kappa shape index (κ2) is 5.57. The zero-order chi connectivity index (χ0) is 12.4. The maximum atomic E-state index is 4.79. The van der Waals surface area contributed by atoms with Crippen LogP contribution in [0.25, 0.3) is 0 Å². The highest BCUT2D eigenvalue weighted by Gasteiger charge is 2.34. The Balaban J connectivity index is 1.72. The van der Waals surface area contributed by atoms with E-state index < -0.39 is 0 Å². The molecule has 1 aromatic heterocycles. The van der Waals surface area contributed by atoms with Crippen molar-refractivity contribution >= 4 is 16.5 Å². The number of aromatic nitrogens is 1. The normalized spacial score (nSPS) is 25.2. The predicted octanol–water partition coefficient (Wildman–Crippen LogP) is 3.02. The van der Waals surface area contributed by atoms with Crippen LogP contribution in [0.1, 0.15) is 44.2 Å². The minimum absolute atomic E-state index is 0.779. The molecule has 2 fully saturated rings. The minimum Gasteiger partial charge on any atom is -0.345 e. The zero-order valence-electron chi connectivity index (χ0n) is 11.2. The molecule has 1 aliphatic heterocycles. The summed E-state index contributed by atoms with van der Waals surface area (Å²) in [6.07, 6.45) is 8.50. The van der Waals surface area contributed by atoms with Crippen LogP contribution in [-0.4, -0.2) is 24.6 Å². The average molecular weight is 265 g/mol. The number of nitrogens with one attached hydrogen (secondary N) is 1. The fraction of sp³-hybridized carbons (Fsp3) is 0.786. The van der Waals surface area contributed by atoms with Gasteiger partial charge in [0.2, 0.25) is 0 Å². The third-order valence-corrected chi connectivity index (χ3v) is 5.31. The SMILES string of the molecule is CNCc1csc(N2CCCC2C2CCCC2)n1. The van der Waals surface area contributed by atoms with Crippen LogP contribution in [0.5, 0.6) is 0 Å². The third kappa shape index (κ3) is 2.41. The number of nitrogens with zero attached hydrogens (tertiary/aromatic N) is 2. The smallest absolute Gasteiger partial charge is 0.185 e. The first-order valence-electron chi connectivity index (χ1n) is 7.24. The molecule has 2 heterocycles. The van der Waals surface area contributed by atoms with Gasteiger partial charge in [0.15, 0.2) is 5.13 Å². The molecule has 0 amide bonds. The molecule has 0 bridgehead atoms. The number of hydrogen-bond acceptors (Lipinski definition) is 4. The van der Waals surface area contributed by atoms with E-state index in [0.29, 0.717) is 0 Å². The van der Waals surface area contributed by atoms with Gasteiger partial charge in [0.1, 0.15) is 0 Å². The van der Waals surface area contributed by atoms with E-state index in [2.05, 4.69) is 15.6 Å².